The summed E-state index contributed by atoms with van der Waals surface area (Å²) in [6.45, 7) is -3.34. The smallest absolute Gasteiger partial charge is 0.387 e. The van der Waals surface area contributed by atoms with Crippen LogP contribution in [0.2, 0.25) is 0 Å². The summed E-state index contributed by atoms with van der Waals surface area (Å²) >= 11 is 0. The number of ether oxygens (including phenoxy) is 2. The van der Waals surface area contributed by atoms with Crippen molar-refractivity contribution in [1.29, 1.82) is 0 Å². The maximum atomic E-state index is 12.4. The fraction of sp³-hybridized carbons (Fsp3) is 0.0909. The number of halogens is 2. The van der Waals surface area contributed by atoms with E-state index in [9.17, 15) is 18.4 Å². The van der Waals surface area contributed by atoms with Crippen LogP contribution in [0.15, 0.2) is 78.9 Å². The Morgan fingerprint density at radius 1 is 0.828 bits per heavy atom. The first-order valence-corrected chi connectivity index (χ1v) is 8.69. The molecule has 0 saturated carbocycles. The third-order valence-corrected chi connectivity index (χ3v) is 3.90. The highest BCUT2D eigenvalue weighted by molar-refractivity contribution is 6.09. The fourth-order valence-electron chi connectivity index (χ4n) is 2.56. The molecule has 3 aromatic carbocycles. The lowest BCUT2D eigenvalue weighted by molar-refractivity contribution is -0.118. The Balaban J connectivity index is 1.57. The number of amides is 1. The van der Waals surface area contributed by atoms with Gasteiger partial charge < -0.3 is 14.8 Å². The summed E-state index contributed by atoms with van der Waals surface area (Å²) in [5.74, 6) is -0.410. The van der Waals surface area contributed by atoms with Crippen molar-refractivity contribution in [3.63, 3.8) is 0 Å². The number of benzene rings is 3. The summed E-state index contributed by atoms with van der Waals surface area (Å²) in [6.07, 6.45) is 0. The minimum absolute atomic E-state index is 0.116. The summed E-state index contributed by atoms with van der Waals surface area (Å²) in [5.41, 5.74) is 1.18. The summed E-state index contributed by atoms with van der Waals surface area (Å²) in [6, 6.07) is 21.1. The van der Waals surface area contributed by atoms with Crippen LogP contribution < -0.4 is 14.8 Å². The van der Waals surface area contributed by atoms with Crippen molar-refractivity contribution in [2.24, 2.45) is 0 Å². The molecule has 1 N–H and O–H groups in total. The topological polar surface area (TPSA) is 64.6 Å². The van der Waals surface area contributed by atoms with Crippen LogP contribution in [0.1, 0.15) is 15.9 Å². The highest BCUT2D eigenvalue weighted by Gasteiger charge is 2.12. The summed E-state index contributed by atoms with van der Waals surface area (Å²) in [7, 11) is 0. The van der Waals surface area contributed by atoms with Crippen LogP contribution in [0.3, 0.4) is 0 Å². The standard InChI is InChI=1S/C22H17F2NO4/c23-22(24)29-19-9-5-4-8-18(19)25-20(26)14-28-17-12-10-16(11-13-17)21(27)15-6-2-1-3-7-15/h1-13,22H,14H2,(H,25,26). The first-order valence-electron chi connectivity index (χ1n) is 8.69. The second kappa shape index (κ2) is 9.45. The van der Waals surface area contributed by atoms with Gasteiger partial charge in [0.2, 0.25) is 0 Å². The third-order valence-electron chi connectivity index (χ3n) is 3.90. The van der Waals surface area contributed by atoms with E-state index < -0.39 is 12.5 Å². The minimum Gasteiger partial charge on any atom is -0.484 e. The largest absolute Gasteiger partial charge is 0.484 e. The lowest BCUT2D eigenvalue weighted by atomic mass is 10.0. The molecule has 3 aromatic rings. The number of nitrogens with one attached hydrogen (secondary N) is 1. The minimum atomic E-state index is -3.00. The first kappa shape index (κ1) is 20.0. The van der Waals surface area contributed by atoms with Crippen LogP contribution in [0.25, 0.3) is 0 Å². The maximum absolute atomic E-state index is 12.4. The Kier molecular flexibility index (Phi) is 6.52. The van der Waals surface area contributed by atoms with Crippen molar-refractivity contribution in [2.75, 3.05) is 11.9 Å². The first-order chi connectivity index (χ1) is 14.0. The van der Waals surface area contributed by atoms with Gasteiger partial charge in [-0.3, -0.25) is 9.59 Å². The monoisotopic (exact) mass is 397 g/mol. The van der Waals surface area contributed by atoms with E-state index in [1.54, 1.807) is 54.6 Å². The van der Waals surface area contributed by atoms with Crippen molar-refractivity contribution in [2.45, 2.75) is 6.61 Å². The third kappa shape index (κ3) is 5.62. The molecule has 0 radical (unpaired) electrons. The van der Waals surface area contributed by atoms with Crippen LogP contribution >= 0.6 is 0 Å². The number of hydrogen-bond donors (Lipinski definition) is 1. The number of ketones is 1. The number of para-hydroxylation sites is 2. The molecule has 0 saturated heterocycles. The number of rotatable bonds is 8. The zero-order valence-electron chi connectivity index (χ0n) is 15.2. The van der Waals surface area contributed by atoms with Crippen molar-refractivity contribution in [3.05, 3.63) is 90.0 Å². The summed E-state index contributed by atoms with van der Waals surface area (Å²) < 4.78 is 34.6. The van der Waals surface area contributed by atoms with E-state index in [0.29, 0.717) is 16.9 Å². The number of carbonyl (C=O) groups is 2. The van der Waals surface area contributed by atoms with Gasteiger partial charge in [0, 0.05) is 11.1 Å². The predicted molar refractivity (Wildman–Crippen MR) is 104 cm³/mol. The van der Waals surface area contributed by atoms with Gasteiger partial charge in [0.25, 0.3) is 5.91 Å². The SMILES string of the molecule is O=C(COc1ccc(C(=O)c2ccccc2)cc1)Nc1ccccc1OC(F)F. The van der Waals surface area contributed by atoms with Crippen LogP contribution in [-0.4, -0.2) is 24.9 Å². The molecule has 0 aliphatic carbocycles. The molecule has 0 bridgehead atoms. The molecule has 1 amide bonds. The number of carbonyl (C=O) groups excluding carboxylic acids is 2. The summed E-state index contributed by atoms with van der Waals surface area (Å²) in [5, 5.41) is 2.46. The quantitative estimate of drug-likeness (QED) is 0.567. The van der Waals surface area contributed by atoms with E-state index >= 15 is 0 Å². The zero-order valence-corrected chi connectivity index (χ0v) is 15.2. The second-order valence-electron chi connectivity index (χ2n) is 5.93. The predicted octanol–water partition coefficient (Wildman–Crippen LogP) is 4.54. The molecule has 0 aromatic heterocycles. The molecule has 0 spiro atoms. The lowest BCUT2D eigenvalue weighted by Crippen LogP contribution is -2.21. The van der Waals surface area contributed by atoms with Crippen molar-refractivity contribution in [1.82, 2.24) is 0 Å². The Morgan fingerprint density at radius 3 is 2.14 bits per heavy atom. The molecule has 29 heavy (non-hydrogen) atoms. The molecule has 7 heteroatoms. The van der Waals surface area contributed by atoms with E-state index in [0.717, 1.165) is 0 Å². The molecule has 0 atom stereocenters. The van der Waals surface area contributed by atoms with Gasteiger partial charge >= 0.3 is 6.61 Å². The Hall–Kier alpha value is -3.74. The van der Waals surface area contributed by atoms with Gasteiger partial charge in [0.05, 0.1) is 5.69 Å². The van der Waals surface area contributed by atoms with Gasteiger partial charge in [-0.05, 0) is 36.4 Å². The van der Waals surface area contributed by atoms with Crippen LogP contribution in [0, 0.1) is 0 Å². The molecular weight excluding hydrogens is 380 g/mol. The molecule has 0 heterocycles. The van der Waals surface area contributed by atoms with Crippen LogP contribution in [0.4, 0.5) is 14.5 Å². The van der Waals surface area contributed by atoms with Crippen molar-refractivity contribution >= 4 is 17.4 Å². The van der Waals surface area contributed by atoms with Gasteiger partial charge in [0.1, 0.15) is 11.5 Å². The van der Waals surface area contributed by atoms with Gasteiger partial charge in [-0.15, -0.1) is 0 Å². The second-order valence-corrected chi connectivity index (χ2v) is 5.93. The Labute approximate surface area is 165 Å². The van der Waals surface area contributed by atoms with Crippen molar-refractivity contribution < 1.29 is 27.8 Å². The van der Waals surface area contributed by atoms with E-state index in [1.165, 1.54) is 18.2 Å². The number of anilines is 1. The molecule has 5 nitrogen and oxygen atoms in total. The average molecular weight is 397 g/mol. The lowest BCUT2D eigenvalue weighted by Gasteiger charge is -2.12. The molecule has 0 aliphatic heterocycles. The molecule has 3 rings (SSSR count). The van der Waals surface area contributed by atoms with Gasteiger partial charge in [-0.25, -0.2) is 0 Å². The highest BCUT2D eigenvalue weighted by atomic mass is 19.3. The van der Waals surface area contributed by atoms with Crippen LogP contribution in [-0.2, 0) is 4.79 Å². The molecular formula is C22H17F2NO4. The van der Waals surface area contributed by atoms with E-state index in [1.807, 2.05) is 6.07 Å². The van der Waals surface area contributed by atoms with Gasteiger partial charge in [0.15, 0.2) is 12.4 Å². The maximum Gasteiger partial charge on any atom is 0.387 e. The fourth-order valence-corrected chi connectivity index (χ4v) is 2.56. The van der Waals surface area contributed by atoms with Gasteiger partial charge in [-0.2, -0.15) is 8.78 Å². The highest BCUT2D eigenvalue weighted by Crippen LogP contribution is 2.25. The normalized spacial score (nSPS) is 10.4. The molecule has 0 aliphatic rings. The summed E-state index contributed by atoms with van der Waals surface area (Å²) in [4.78, 5) is 24.4. The van der Waals surface area contributed by atoms with E-state index in [-0.39, 0.29) is 23.8 Å². The Morgan fingerprint density at radius 2 is 1.45 bits per heavy atom. The molecule has 0 fully saturated rings. The molecule has 148 valence electrons. The van der Waals surface area contributed by atoms with Crippen molar-refractivity contribution in [3.8, 4) is 11.5 Å². The Bertz CT molecular complexity index is 976. The number of hydrogen-bond acceptors (Lipinski definition) is 4. The molecule has 0 unspecified atom stereocenters. The van der Waals surface area contributed by atoms with Gasteiger partial charge in [-0.1, -0.05) is 42.5 Å². The van der Waals surface area contributed by atoms with E-state index in [2.05, 4.69) is 10.1 Å². The number of alkyl halides is 2. The van der Waals surface area contributed by atoms with E-state index in [4.69, 9.17) is 4.74 Å². The van der Waals surface area contributed by atoms with Crippen LogP contribution in [0.5, 0.6) is 11.5 Å². The zero-order chi connectivity index (χ0) is 20.6. The average Bonchev–Trinajstić information content (AvgIpc) is 2.74.